The van der Waals surface area contributed by atoms with Crippen molar-refractivity contribution in [3.8, 4) is 0 Å². The van der Waals surface area contributed by atoms with Gasteiger partial charge in [0.15, 0.2) is 0 Å². The van der Waals surface area contributed by atoms with Crippen molar-refractivity contribution >= 4 is 29.6 Å². The second kappa shape index (κ2) is 2.92. The molecule has 0 rings (SSSR count). The maximum Gasteiger partial charge on any atom is 0.0727 e. The van der Waals surface area contributed by atoms with E-state index in [2.05, 4.69) is 48.1 Å². The highest BCUT2D eigenvalue weighted by Crippen LogP contribution is 2.16. The average Bonchev–Trinajstić information content (AvgIpc) is 1.59. The summed E-state index contributed by atoms with van der Waals surface area (Å²) in [5.41, 5.74) is 0. The molecule has 0 aliphatic heterocycles. The lowest BCUT2D eigenvalue weighted by molar-refractivity contribution is 1.79. The molecule has 0 aliphatic carbocycles. The fourth-order valence-corrected chi connectivity index (χ4v) is 10.1. The van der Waals surface area contributed by atoms with Crippen LogP contribution in [0.4, 0.5) is 0 Å². The highest BCUT2D eigenvalue weighted by atomic mass is 31.0. The summed E-state index contributed by atoms with van der Waals surface area (Å²) >= 11 is 0. The smallest absolute Gasteiger partial charge is 0.0727 e. The zero-order chi connectivity index (χ0) is 8.58. The fourth-order valence-electron chi connectivity index (χ4n) is 1.12. The van der Waals surface area contributed by atoms with Gasteiger partial charge in [-0.15, -0.1) is 8.86 Å². The quantitative estimate of drug-likeness (QED) is 0.464. The van der Waals surface area contributed by atoms with Gasteiger partial charge in [0.1, 0.15) is 0 Å². The Morgan fingerprint density at radius 2 is 1.00 bits per heavy atom. The normalized spacial score (nSPS) is 13.4. The SMILES string of the molecule is C[Si](C)(C)C(=P)[Si](C)(C)C. The van der Waals surface area contributed by atoms with Crippen molar-refractivity contribution in [3.63, 3.8) is 0 Å². The largest absolute Gasteiger partial charge is 0.132 e. The molecule has 0 aromatic carbocycles. The summed E-state index contributed by atoms with van der Waals surface area (Å²) < 4.78 is 1.65. The van der Waals surface area contributed by atoms with Crippen LogP contribution < -0.4 is 0 Å². The van der Waals surface area contributed by atoms with Gasteiger partial charge in [-0.25, -0.2) is 0 Å². The van der Waals surface area contributed by atoms with Crippen LogP contribution >= 0.6 is 8.86 Å². The Hall–Kier alpha value is 0.604. The van der Waals surface area contributed by atoms with Crippen molar-refractivity contribution in [1.29, 1.82) is 0 Å². The standard InChI is InChI=1S/C7H19PSi2/c1-9(2,3)7(8)10(4,5)6/h8H,1-6H3. The molecular formula is C7H19PSi2. The van der Waals surface area contributed by atoms with Crippen molar-refractivity contribution in [3.05, 3.63) is 0 Å². The van der Waals surface area contributed by atoms with Gasteiger partial charge in [0.05, 0.1) is 16.1 Å². The monoisotopic (exact) mass is 190 g/mol. The Bertz CT molecular complexity index is 123. The minimum absolute atomic E-state index is 1.00. The van der Waals surface area contributed by atoms with Crippen molar-refractivity contribution in [1.82, 2.24) is 0 Å². The first-order valence-electron chi connectivity index (χ1n) is 3.75. The number of hydrogen-bond donors (Lipinski definition) is 0. The first-order chi connectivity index (χ1) is 4.15. The third-order valence-electron chi connectivity index (χ3n) is 1.50. The lowest BCUT2D eigenvalue weighted by Gasteiger charge is -2.29. The van der Waals surface area contributed by atoms with Crippen LogP contribution in [0.15, 0.2) is 0 Å². The van der Waals surface area contributed by atoms with Gasteiger partial charge in [0, 0.05) is 0 Å². The lowest BCUT2D eigenvalue weighted by atomic mass is 11.7. The van der Waals surface area contributed by atoms with E-state index in [9.17, 15) is 0 Å². The number of hydrogen-bond acceptors (Lipinski definition) is 0. The van der Waals surface area contributed by atoms with Crippen LogP contribution in [0.25, 0.3) is 0 Å². The van der Waals surface area contributed by atoms with Crippen LogP contribution in [0.1, 0.15) is 0 Å². The third kappa shape index (κ3) is 3.13. The molecule has 60 valence electrons. The molecule has 3 heteroatoms. The van der Waals surface area contributed by atoms with Crippen molar-refractivity contribution in [2.45, 2.75) is 39.3 Å². The van der Waals surface area contributed by atoms with Crippen molar-refractivity contribution < 1.29 is 0 Å². The van der Waals surface area contributed by atoms with Gasteiger partial charge in [-0.1, -0.05) is 43.8 Å². The molecule has 0 radical (unpaired) electrons. The molecule has 0 aromatic heterocycles. The molecule has 0 spiro atoms. The first kappa shape index (κ1) is 10.6. The fraction of sp³-hybridized carbons (Fsp3) is 0.857. The molecule has 0 N–H and O–H groups in total. The van der Waals surface area contributed by atoms with Crippen LogP contribution in [0.2, 0.25) is 39.3 Å². The van der Waals surface area contributed by atoms with E-state index in [1.165, 1.54) is 0 Å². The van der Waals surface area contributed by atoms with Crippen LogP contribution in [0, 0.1) is 0 Å². The van der Waals surface area contributed by atoms with Gasteiger partial charge in [-0.2, -0.15) is 0 Å². The maximum atomic E-state index is 3.81. The Morgan fingerprint density at radius 3 is 1.00 bits per heavy atom. The van der Waals surface area contributed by atoms with Crippen LogP contribution in [-0.2, 0) is 0 Å². The average molecular weight is 190 g/mol. The van der Waals surface area contributed by atoms with E-state index in [-0.39, 0.29) is 0 Å². The Labute approximate surface area is 69.3 Å². The molecule has 0 heterocycles. The summed E-state index contributed by atoms with van der Waals surface area (Å²) in [5.74, 6) is 0. The second-order valence-corrected chi connectivity index (χ2v) is 16.9. The molecule has 10 heavy (non-hydrogen) atoms. The molecule has 0 unspecified atom stereocenters. The molecule has 0 saturated heterocycles. The summed E-state index contributed by atoms with van der Waals surface area (Å²) in [6, 6.07) is 0. The third-order valence-corrected chi connectivity index (χ3v) is 13.5. The van der Waals surface area contributed by atoms with Gasteiger partial charge in [0.2, 0.25) is 0 Å². The predicted molar refractivity (Wildman–Crippen MR) is 60.0 cm³/mol. The van der Waals surface area contributed by atoms with E-state index in [0.29, 0.717) is 0 Å². The van der Waals surface area contributed by atoms with Gasteiger partial charge in [0.25, 0.3) is 0 Å². The van der Waals surface area contributed by atoms with Crippen molar-refractivity contribution in [2.75, 3.05) is 0 Å². The van der Waals surface area contributed by atoms with Crippen LogP contribution in [0.5, 0.6) is 0 Å². The van der Waals surface area contributed by atoms with E-state index in [1.54, 1.807) is 4.54 Å². The lowest BCUT2D eigenvalue weighted by Crippen LogP contribution is -2.47. The maximum absolute atomic E-state index is 3.81. The van der Waals surface area contributed by atoms with Gasteiger partial charge in [-0.05, 0) is 0 Å². The molecule has 0 nitrogen and oxygen atoms in total. The Morgan fingerprint density at radius 1 is 0.800 bits per heavy atom. The Balaban J connectivity index is 4.40. The molecular weight excluding hydrogens is 171 g/mol. The predicted octanol–water partition coefficient (Wildman–Crippen LogP) is 3.06. The zero-order valence-corrected chi connectivity index (χ0v) is 11.0. The zero-order valence-electron chi connectivity index (χ0n) is 8.00. The summed E-state index contributed by atoms with van der Waals surface area (Å²) in [4.78, 5) is 0. The van der Waals surface area contributed by atoms with Gasteiger partial charge >= 0.3 is 0 Å². The molecule has 0 amide bonds. The molecule has 0 fully saturated rings. The second-order valence-electron chi connectivity index (χ2n) is 4.88. The summed E-state index contributed by atoms with van der Waals surface area (Å²) in [6.07, 6.45) is 0. The minimum atomic E-state index is -1.00. The summed E-state index contributed by atoms with van der Waals surface area (Å²) in [7, 11) is 1.80. The first-order valence-corrected chi connectivity index (χ1v) is 11.2. The van der Waals surface area contributed by atoms with E-state index in [1.807, 2.05) is 0 Å². The molecule has 0 aromatic rings. The van der Waals surface area contributed by atoms with Gasteiger partial charge < -0.3 is 0 Å². The summed E-state index contributed by atoms with van der Waals surface area (Å²) in [6.45, 7) is 14.4. The highest BCUT2D eigenvalue weighted by Gasteiger charge is 2.29. The molecule has 0 atom stereocenters. The van der Waals surface area contributed by atoms with Crippen LogP contribution in [0.3, 0.4) is 0 Å². The van der Waals surface area contributed by atoms with Crippen molar-refractivity contribution in [2.24, 2.45) is 0 Å². The van der Waals surface area contributed by atoms with E-state index >= 15 is 0 Å². The number of rotatable bonds is 2. The summed E-state index contributed by atoms with van der Waals surface area (Å²) in [5, 5.41) is 0. The van der Waals surface area contributed by atoms with E-state index < -0.39 is 16.1 Å². The Kier molecular flexibility index (Phi) is 3.10. The van der Waals surface area contributed by atoms with Gasteiger partial charge in [-0.3, -0.25) is 0 Å². The highest BCUT2D eigenvalue weighted by molar-refractivity contribution is 7.54. The molecule has 0 bridgehead atoms. The van der Waals surface area contributed by atoms with E-state index in [4.69, 9.17) is 0 Å². The molecule has 0 aliphatic rings. The topological polar surface area (TPSA) is 0 Å². The van der Waals surface area contributed by atoms with E-state index in [0.717, 1.165) is 0 Å². The van der Waals surface area contributed by atoms with Crippen LogP contribution in [-0.4, -0.2) is 20.7 Å². The minimum Gasteiger partial charge on any atom is -0.132 e. The molecule has 0 saturated carbocycles.